The zero-order valence-electron chi connectivity index (χ0n) is 9.66. The van der Waals surface area contributed by atoms with E-state index >= 15 is 0 Å². The van der Waals surface area contributed by atoms with Crippen LogP contribution >= 0.6 is 23.8 Å². The van der Waals surface area contributed by atoms with Crippen LogP contribution in [0.5, 0.6) is 5.75 Å². The molecular formula is C12H13ClN2OS. The lowest BCUT2D eigenvalue weighted by molar-refractivity contribution is 0.408. The van der Waals surface area contributed by atoms with Crippen LogP contribution in [0.3, 0.4) is 0 Å². The second-order valence-electron chi connectivity index (χ2n) is 3.79. The summed E-state index contributed by atoms with van der Waals surface area (Å²) in [5.74, 6) is 0.776. The molecule has 0 aliphatic carbocycles. The van der Waals surface area contributed by atoms with Gasteiger partial charge in [-0.2, -0.15) is 0 Å². The zero-order chi connectivity index (χ0) is 12.4. The van der Waals surface area contributed by atoms with Crippen molar-refractivity contribution >= 4 is 23.8 Å². The molecule has 0 atom stereocenters. The van der Waals surface area contributed by atoms with E-state index in [2.05, 4.69) is 4.98 Å². The molecular weight excluding hydrogens is 256 g/mol. The van der Waals surface area contributed by atoms with Gasteiger partial charge in [0.15, 0.2) is 4.77 Å². The van der Waals surface area contributed by atoms with Crippen LogP contribution in [0.25, 0.3) is 0 Å². The van der Waals surface area contributed by atoms with Gasteiger partial charge >= 0.3 is 0 Å². The molecule has 0 saturated heterocycles. The minimum absolute atomic E-state index is 0.603. The smallest absolute Gasteiger partial charge is 0.177 e. The lowest BCUT2D eigenvalue weighted by Gasteiger charge is -2.10. The minimum atomic E-state index is 0.603. The van der Waals surface area contributed by atoms with Crippen LogP contribution in [-0.4, -0.2) is 16.7 Å². The van der Waals surface area contributed by atoms with Crippen LogP contribution in [0, 0.1) is 11.7 Å². The summed E-state index contributed by atoms with van der Waals surface area (Å²) >= 11 is 11.4. The number of aromatic nitrogens is 2. The number of hydrogen-bond acceptors (Lipinski definition) is 2. The standard InChI is InChI=1S/C12H13ClN2OS/c1-8-6-15(12(17)14-8)7-9-10(13)4-3-5-11(9)16-2/h3-6H,7H2,1-2H3,(H,14,17). The Bertz CT molecular complexity index is 588. The van der Waals surface area contributed by atoms with Crippen molar-refractivity contribution < 1.29 is 4.74 Å². The van der Waals surface area contributed by atoms with Crippen molar-refractivity contribution in [3.63, 3.8) is 0 Å². The average molecular weight is 269 g/mol. The molecule has 17 heavy (non-hydrogen) atoms. The fourth-order valence-electron chi connectivity index (χ4n) is 1.74. The summed E-state index contributed by atoms with van der Waals surface area (Å²) in [6, 6.07) is 5.61. The summed E-state index contributed by atoms with van der Waals surface area (Å²) in [5.41, 5.74) is 1.97. The van der Waals surface area contributed by atoms with Gasteiger partial charge in [-0.25, -0.2) is 0 Å². The SMILES string of the molecule is COc1cccc(Cl)c1Cn1cc(C)[nH]c1=S. The number of halogens is 1. The summed E-state index contributed by atoms with van der Waals surface area (Å²) in [7, 11) is 1.64. The monoisotopic (exact) mass is 268 g/mol. The molecule has 0 bridgehead atoms. The third-order valence-electron chi connectivity index (χ3n) is 2.54. The number of ether oxygens (including phenoxy) is 1. The van der Waals surface area contributed by atoms with Crippen LogP contribution in [0.4, 0.5) is 0 Å². The number of benzene rings is 1. The quantitative estimate of drug-likeness (QED) is 0.863. The van der Waals surface area contributed by atoms with Gasteiger partial charge in [0.05, 0.1) is 13.7 Å². The summed E-state index contributed by atoms with van der Waals surface area (Å²) in [6.07, 6.45) is 1.96. The highest BCUT2D eigenvalue weighted by Gasteiger charge is 2.09. The number of aromatic amines is 1. The maximum absolute atomic E-state index is 6.18. The Balaban J connectivity index is 2.42. The number of nitrogens with zero attached hydrogens (tertiary/aromatic N) is 1. The van der Waals surface area contributed by atoms with Crippen LogP contribution in [0.1, 0.15) is 11.3 Å². The Hall–Kier alpha value is -1.26. The number of aryl methyl sites for hydroxylation is 1. The number of imidazole rings is 1. The Labute approximate surface area is 110 Å². The Morgan fingerprint density at radius 2 is 2.24 bits per heavy atom. The third kappa shape index (κ3) is 2.53. The predicted molar refractivity (Wildman–Crippen MR) is 71.5 cm³/mol. The molecule has 1 aromatic heterocycles. The van der Waals surface area contributed by atoms with E-state index in [4.69, 9.17) is 28.6 Å². The van der Waals surface area contributed by atoms with Gasteiger partial charge in [0.1, 0.15) is 5.75 Å². The van der Waals surface area contributed by atoms with E-state index < -0.39 is 0 Å². The number of nitrogens with one attached hydrogen (secondary N) is 1. The number of hydrogen-bond donors (Lipinski definition) is 1. The van der Waals surface area contributed by atoms with E-state index in [0.29, 0.717) is 16.3 Å². The first kappa shape index (κ1) is 12.2. The maximum atomic E-state index is 6.18. The fourth-order valence-corrected chi connectivity index (χ4v) is 2.24. The molecule has 1 N–H and O–H groups in total. The fraction of sp³-hybridized carbons (Fsp3) is 0.250. The van der Waals surface area contributed by atoms with E-state index in [9.17, 15) is 0 Å². The molecule has 90 valence electrons. The van der Waals surface area contributed by atoms with Crippen molar-refractivity contribution in [2.24, 2.45) is 0 Å². The molecule has 0 spiro atoms. The molecule has 0 amide bonds. The van der Waals surface area contributed by atoms with Crippen LogP contribution in [0.2, 0.25) is 5.02 Å². The highest BCUT2D eigenvalue weighted by Crippen LogP contribution is 2.27. The normalized spacial score (nSPS) is 10.5. The van der Waals surface area contributed by atoms with Gasteiger partial charge in [-0.3, -0.25) is 0 Å². The summed E-state index contributed by atoms with van der Waals surface area (Å²) in [5, 5.41) is 0.685. The van der Waals surface area contributed by atoms with Gasteiger partial charge < -0.3 is 14.3 Å². The minimum Gasteiger partial charge on any atom is -0.496 e. The van der Waals surface area contributed by atoms with Crippen LogP contribution in [-0.2, 0) is 6.54 Å². The number of rotatable bonds is 3. The first-order chi connectivity index (χ1) is 8.11. The van der Waals surface area contributed by atoms with E-state index in [1.807, 2.05) is 35.9 Å². The molecule has 0 saturated carbocycles. The maximum Gasteiger partial charge on any atom is 0.177 e. The number of methoxy groups -OCH3 is 1. The summed E-state index contributed by atoms with van der Waals surface area (Å²) in [6.45, 7) is 2.57. The zero-order valence-corrected chi connectivity index (χ0v) is 11.2. The van der Waals surface area contributed by atoms with E-state index in [1.165, 1.54) is 0 Å². The molecule has 5 heteroatoms. The molecule has 0 radical (unpaired) electrons. The lowest BCUT2D eigenvalue weighted by atomic mass is 10.2. The van der Waals surface area contributed by atoms with Crippen LogP contribution < -0.4 is 4.74 Å². The molecule has 0 fully saturated rings. The lowest BCUT2D eigenvalue weighted by Crippen LogP contribution is -2.01. The molecule has 1 aromatic carbocycles. The van der Waals surface area contributed by atoms with Gasteiger partial charge in [-0.05, 0) is 31.3 Å². The second kappa shape index (κ2) is 4.94. The molecule has 1 heterocycles. The van der Waals surface area contributed by atoms with Crippen molar-refractivity contribution in [2.75, 3.05) is 7.11 Å². The molecule has 2 rings (SSSR count). The van der Waals surface area contributed by atoms with Gasteiger partial charge in [0.25, 0.3) is 0 Å². The first-order valence-corrected chi connectivity index (χ1v) is 5.98. The number of H-pyrrole nitrogens is 1. The van der Waals surface area contributed by atoms with E-state index in [1.54, 1.807) is 7.11 Å². The largest absolute Gasteiger partial charge is 0.496 e. The predicted octanol–water partition coefficient (Wildman–Crippen LogP) is 3.56. The molecule has 0 aliphatic heterocycles. The molecule has 0 aliphatic rings. The Kier molecular flexibility index (Phi) is 3.54. The van der Waals surface area contributed by atoms with Gasteiger partial charge in [-0.1, -0.05) is 17.7 Å². The highest BCUT2D eigenvalue weighted by atomic mass is 35.5. The summed E-state index contributed by atoms with van der Waals surface area (Å²) < 4.78 is 7.93. The summed E-state index contributed by atoms with van der Waals surface area (Å²) in [4.78, 5) is 3.08. The van der Waals surface area contributed by atoms with E-state index in [0.717, 1.165) is 17.0 Å². The van der Waals surface area contributed by atoms with Crippen molar-refractivity contribution in [3.05, 3.63) is 45.4 Å². The van der Waals surface area contributed by atoms with Gasteiger partial charge in [0.2, 0.25) is 0 Å². The molecule has 3 nitrogen and oxygen atoms in total. The Morgan fingerprint density at radius 1 is 1.47 bits per heavy atom. The average Bonchev–Trinajstić information content (AvgIpc) is 2.60. The van der Waals surface area contributed by atoms with Crippen molar-refractivity contribution in [1.82, 2.24) is 9.55 Å². The van der Waals surface area contributed by atoms with E-state index in [-0.39, 0.29) is 0 Å². The van der Waals surface area contributed by atoms with Crippen LogP contribution in [0.15, 0.2) is 24.4 Å². The van der Waals surface area contributed by atoms with Gasteiger partial charge in [-0.15, -0.1) is 0 Å². The van der Waals surface area contributed by atoms with Gasteiger partial charge in [0, 0.05) is 22.5 Å². The van der Waals surface area contributed by atoms with Crippen molar-refractivity contribution in [2.45, 2.75) is 13.5 Å². The first-order valence-electron chi connectivity index (χ1n) is 5.19. The third-order valence-corrected chi connectivity index (χ3v) is 3.23. The van der Waals surface area contributed by atoms with Crippen molar-refractivity contribution in [3.8, 4) is 5.75 Å². The highest BCUT2D eigenvalue weighted by molar-refractivity contribution is 7.71. The second-order valence-corrected chi connectivity index (χ2v) is 4.58. The molecule has 0 unspecified atom stereocenters. The topological polar surface area (TPSA) is 29.9 Å². The Morgan fingerprint density at radius 3 is 2.82 bits per heavy atom. The molecule has 2 aromatic rings. The van der Waals surface area contributed by atoms with Crippen molar-refractivity contribution in [1.29, 1.82) is 0 Å².